The van der Waals surface area contributed by atoms with E-state index in [1.165, 1.54) is 30.0 Å². The molecule has 5 rings (SSSR count). The Morgan fingerprint density at radius 3 is 2.22 bits per heavy atom. The van der Waals surface area contributed by atoms with Crippen molar-refractivity contribution in [2.24, 2.45) is 0 Å². The van der Waals surface area contributed by atoms with Crippen LogP contribution < -0.4 is 5.32 Å². The Hall–Kier alpha value is -3.12. The van der Waals surface area contributed by atoms with Crippen LogP contribution in [0.2, 0.25) is 5.02 Å². The number of alkyl halides is 6. The van der Waals surface area contributed by atoms with Gasteiger partial charge in [0.2, 0.25) is 5.91 Å². The molecule has 2 aromatic carbocycles. The molecule has 2 heterocycles. The molecule has 1 aliphatic carbocycles. The number of rotatable bonds is 6. The standard InChI is InChI=1S/C28H24ClF7N2O3/c1-13(14-6-15(27(31,32)33)8-16(7-14)28(34,35)36)41-23-12-38-24(40)11-22(37-18-3-4-19(39)10-18)26(38)25(23)20-5-2-17(30)9-21(20)29/h2,5-10,13,22-23,25-26,37H,3-4,11-12H2,1H3/t13-,22?,23+,25?,26+/m1/s1. The number of hydrogen-bond donors (Lipinski definition) is 1. The molecule has 13 heteroatoms. The normalized spacial score (nSPS) is 25.5. The minimum absolute atomic E-state index is 0.0204. The van der Waals surface area contributed by atoms with Gasteiger partial charge in [-0.1, -0.05) is 17.7 Å². The van der Waals surface area contributed by atoms with Crippen LogP contribution in [0, 0.1) is 5.82 Å². The van der Waals surface area contributed by atoms with Crippen molar-refractivity contribution in [1.29, 1.82) is 0 Å². The first-order valence-electron chi connectivity index (χ1n) is 12.8. The summed E-state index contributed by atoms with van der Waals surface area (Å²) in [6, 6.07) is 3.84. The molecule has 5 atom stereocenters. The van der Waals surface area contributed by atoms with Crippen LogP contribution in [0.3, 0.4) is 0 Å². The molecular formula is C28H24ClF7N2O3. The number of carbonyl (C=O) groups is 2. The molecule has 0 saturated carbocycles. The Labute approximate surface area is 235 Å². The molecule has 2 fully saturated rings. The summed E-state index contributed by atoms with van der Waals surface area (Å²) in [6.45, 7) is 1.31. The van der Waals surface area contributed by atoms with Gasteiger partial charge in [0, 0.05) is 42.1 Å². The molecule has 2 saturated heterocycles. The van der Waals surface area contributed by atoms with Gasteiger partial charge in [0.25, 0.3) is 0 Å². The summed E-state index contributed by atoms with van der Waals surface area (Å²) in [5, 5.41) is 3.28. The fraction of sp³-hybridized carbons (Fsp3) is 0.429. The van der Waals surface area contributed by atoms with Crippen molar-refractivity contribution in [1.82, 2.24) is 10.2 Å². The van der Waals surface area contributed by atoms with Gasteiger partial charge in [0.1, 0.15) is 5.82 Å². The van der Waals surface area contributed by atoms with Crippen molar-refractivity contribution in [2.45, 2.75) is 68.7 Å². The molecule has 3 aliphatic rings. The molecule has 0 spiro atoms. The predicted octanol–water partition coefficient (Wildman–Crippen LogP) is 6.57. The molecule has 2 aliphatic heterocycles. The number of amides is 1. The van der Waals surface area contributed by atoms with E-state index in [-0.39, 0.29) is 41.3 Å². The maximum Gasteiger partial charge on any atom is 0.416 e. The fourth-order valence-corrected chi connectivity index (χ4v) is 6.22. The second-order valence-corrected chi connectivity index (χ2v) is 10.9. The van der Waals surface area contributed by atoms with E-state index < -0.39 is 59.5 Å². The number of fused-ring (bicyclic) bond motifs is 1. The second kappa shape index (κ2) is 10.6. The zero-order valence-electron chi connectivity index (χ0n) is 21.5. The average Bonchev–Trinajstić information content (AvgIpc) is 3.53. The molecule has 5 nitrogen and oxygen atoms in total. The van der Waals surface area contributed by atoms with E-state index in [2.05, 4.69) is 5.32 Å². The highest BCUT2D eigenvalue weighted by Crippen LogP contribution is 2.46. The number of allylic oxidation sites excluding steroid dienone is 2. The van der Waals surface area contributed by atoms with E-state index >= 15 is 0 Å². The largest absolute Gasteiger partial charge is 0.416 e. The van der Waals surface area contributed by atoms with Crippen molar-refractivity contribution in [2.75, 3.05) is 6.54 Å². The van der Waals surface area contributed by atoms with Crippen LogP contribution in [-0.2, 0) is 26.7 Å². The molecule has 0 bridgehead atoms. The van der Waals surface area contributed by atoms with E-state index in [4.69, 9.17) is 16.3 Å². The summed E-state index contributed by atoms with van der Waals surface area (Å²) < 4.78 is 101. The highest BCUT2D eigenvalue weighted by Gasteiger charge is 2.54. The lowest BCUT2D eigenvalue weighted by molar-refractivity contribution is -0.143. The quantitative estimate of drug-likeness (QED) is 0.379. The molecule has 41 heavy (non-hydrogen) atoms. The zero-order valence-corrected chi connectivity index (χ0v) is 22.2. The molecule has 2 aromatic rings. The van der Waals surface area contributed by atoms with Gasteiger partial charge in [-0.15, -0.1) is 0 Å². The number of ether oxygens (including phenoxy) is 1. The SMILES string of the molecule is C[C@@H](O[C@H]1CN2C(=O)CC(NC3=CC(=O)CC3)[C@H]2C1c1ccc(F)cc1Cl)c1cc(C(F)(F)F)cc(C(F)(F)F)c1. The first kappa shape index (κ1) is 29.4. The number of benzene rings is 2. The van der Waals surface area contributed by atoms with Crippen LogP contribution in [-0.4, -0.2) is 41.3 Å². The van der Waals surface area contributed by atoms with Crippen LogP contribution in [0.15, 0.2) is 48.2 Å². The Kier molecular flexibility index (Phi) is 7.60. The topological polar surface area (TPSA) is 58.6 Å². The molecule has 2 unspecified atom stereocenters. The molecule has 1 amide bonds. The van der Waals surface area contributed by atoms with Crippen LogP contribution in [0.5, 0.6) is 0 Å². The van der Waals surface area contributed by atoms with Gasteiger partial charge in [0.05, 0.1) is 35.4 Å². The number of ketones is 1. The third-order valence-corrected chi connectivity index (χ3v) is 8.09. The first-order chi connectivity index (χ1) is 19.1. The smallest absolute Gasteiger partial charge is 0.383 e. The van der Waals surface area contributed by atoms with Crippen LogP contribution in [0.25, 0.3) is 0 Å². The Bertz CT molecular complexity index is 1380. The number of carbonyl (C=O) groups excluding carboxylic acids is 2. The van der Waals surface area contributed by atoms with Gasteiger partial charge < -0.3 is 15.0 Å². The molecule has 0 aromatic heterocycles. The molecule has 1 N–H and O–H groups in total. The first-order valence-corrected chi connectivity index (χ1v) is 13.2. The fourth-order valence-electron chi connectivity index (χ4n) is 5.93. The maximum atomic E-state index is 13.9. The predicted molar refractivity (Wildman–Crippen MR) is 133 cm³/mol. The second-order valence-electron chi connectivity index (χ2n) is 10.5. The number of hydrogen-bond acceptors (Lipinski definition) is 4. The maximum absolute atomic E-state index is 13.9. The van der Waals surface area contributed by atoms with E-state index in [0.29, 0.717) is 36.2 Å². The average molecular weight is 605 g/mol. The van der Waals surface area contributed by atoms with Crippen LogP contribution >= 0.6 is 11.6 Å². The van der Waals surface area contributed by atoms with Gasteiger partial charge in [-0.05, 0) is 54.8 Å². The Morgan fingerprint density at radius 1 is 1.00 bits per heavy atom. The Morgan fingerprint density at radius 2 is 1.66 bits per heavy atom. The van der Waals surface area contributed by atoms with Crippen molar-refractivity contribution >= 4 is 23.3 Å². The van der Waals surface area contributed by atoms with Crippen molar-refractivity contribution < 1.29 is 45.1 Å². The molecule has 220 valence electrons. The lowest BCUT2D eigenvalue weighted by atomic mass is 9.86. The minimum atomic E-state index is -5.03. The molecular weight excluding hydrogens is 581 g/mol. The summed E-state index contributed by atoms with van der Waals surface area (Å²) in [6.07, 6.45) is -9.89. The lowest BCUT2D eigenvalue weighted by Gasteiger charge is -2.31. The summed E-state index contributed by atoms with van der Waals surface area (Å²) >= 11 is 6.41. The highest BCUT2D eigenvalue weighted by atomic mass is 35.5. The van der Waals surface area contributed by atoms with Crippen molar-refractivity contribution in [3.8, 4) is 0 Å². The van der Waals surface area contributed by atoms with Crippen molar-refractivity contribution in [3.05, 3.63) is 81.3 Å². The lowest BCUT2D eigenvalue weighted by Crippen LogP contribution is -2.42. The summed E-state index contributed by atoms with van der Waals surface area (Å²) in [4.78, 5) is 26.3. The van der Waals surface area contributed by atoms with Crippen LogP contribution in [0.1, 0.15) is 60.5 Å². The summed E-state index contributed by atoms with van der Waals surface area (Å²) in [7, 11) is 0. The number of nitrogens with zero attached hydrogens (tertiary/aromatic N) is 1. The zero-order chi connectivity index (χ0) is 29.9. The van der Waals surface area contributed by atoms with Gasteiger partial charge in [0.15, 0.2) is 5.78 Å². The highest BCUT2D eigenvalue weighted by molar-refractivity contribution is 6.31. The van der Waals surface area contributed by atoms with Gasteiger partial charge in [-0.25, -0.2) is 4.39 Å². The van der Waals surface area contributed by atoms with E-state index in [1.54, 1.807) is 0 Å². The van der Waals surface area contributed by atoms with E-state index in [9.17, 15) is 40.3 Å². The van der Waals surface area contributed by atoms with Crippen LogP contribution in [0.4, 0.5) is 30.7 Å². The minimum Gasteiger partial charge on any atom is -0.383 e. The Balaban J connectivity index is 1.51. The molecule has 0 radical (unpaired) electrons. The van der Waals surface area contributed by atoms with E-state index in [1.807, 2.05) is 0 Å². The third kappa shape index (κ3) is 5.94. The van der Waals surface area contributed by atoms with Gasteiger partial charge in [-0.3, -0.25) is 9.59 Å². The summed E-state index contributed by atoms with van der Waals surface area (Å²) in [5.74, 6) is -1.64. The number of nitrogens with one attached hydrogen (secondary N) is 1. The van der Waals surface area contributed by atoms with E-state index in [0.717, 1.165) is 6.07 Å². The summed E-state index contributed by atoms with van der Waals surface area (Å²) in [5.41, 5.74) is -2.22. The third-order valence-electron chi connectivity index (χ3n) is 7.76. The monoisotopic (exact) mass is 604 g/mol. The number of halogens is 8. The van der Waals surface area contributed by atoms with Gasteiger partial charge in [-0.2, -0.15) is 26.3 Å². The van der Waals surface area contributed by atoms with Gasteiger partial charge >= 0.3 is 12.4 Å². The van der Waals surface area contributed by atoms with Crippen molar-refractivity contribution in [3.63, 3.8) is 0 Å².